The van der Waals surface area contributed by atoms with Gasteiger partial charge in [-0.05, 0) is 31.0 Å². The number of aromatic nitrogens is 3. The number of ether oxygens (including phenoxy) is 2. The van der Waals surface area contributed by atoms with Gasteiger partial charge >= 0.3 is 0 Å². The zero-order chi connectivity index (χ0) is 16.5. The molecule has 1 amide bonds. The summed E-state index contributed by atoms with van der Waals surface area (Å²) in [5, 5.41) is 11.4. The summed E-state index contributed by atoms with van der Waals surface area (Å²) < 4.78 is 13.2. The highest BCUT2D eigenvalue weighted by molar-refractivity contribution is 5.79. The van der Waals surface area contributed by atoms with Gasteiger partial charge in [0.05, 0.1) is 12.5 Å². The molecule has 3 heterocycles. The number of hydrogen-bond donors (Lipinski definition) is 1. The number of aryl methyl sites for hydroxylation is 1. The third-order valence-electron chi connectivity index (χ3n) is 4.37. The van der Waals surface area contributed by atoms with Crippen LogP contribution in [-0.2, 0) is 24.2 Å². The second-order valence-corrected chi connectivity index (χ2v) is 6.17. The van der Waals surface area contributed by atoms with E-state index in [0.29, 0.717) is 25.4 Å². The molecule has 2 aromatic rings. The molecule has 2 aliphatic rings. The number of nitrogens with one attached hydrogen (secondary N) is 1. The molecule has 0 unspecified atom stereocenters. The summed E-state index contributed by atoms with van der Waals surface area (Å²) in [5.74, 6) is 3.23. The first-order valence-electron chi connectivity index (χ1n) is 8.30. The zero-order valence-corrected chi connectivity index (χ0v) is 13.6. The number of carbonyl (C=O) groups is 1. The van der Waals surface area contributed by atoms with Crippen LogP contribution in [0.5, 0.6) is 11.5 Å². The van der Waals surface area contributed by atoms with Gasteiger partial charge in [0.15, 0.2) is 17.3 Å². The van der Waals surface area contributed by atoms with E-state index in [0.717, 1.165) is 42.3 Å². The van der Waals surface area contributed by atoms with Crippen LogP contribution in [0.15, 0.2) is 18.2 Å². The van der Waals surface area contributed by atoms with Crippen LogP contribution in [0.25, 0.3) is 0 Å². The molecule has 0 saturated heterocycles. The van der Waals surface area contributed by atoms with E-state index in [2.05, 4.69) is 20.1 Å². The Hall–Kier alpha value is -2.57. The molecule has 1 N–H and O–H groups in total. The number of amides is 1. The molecule has 1 aromatic carbocycles. The Balaban J connectivity index is 1.41. The lowest BCUT2D eigenvalue weighted by molar-refractivity contribution is -0.121. The molecule has 0 bridgehead atoms. The summed E-state index contributed by atoms with van der Waals surface area (Å²) in [7, 11) is 0. The Morgan fingerprint density at radius 3 is 3.00 bits per heavy atom. The Labute approximate surface area is 140 Å². The predicted octanol–water partition coefficient (Wildman–Crippen LogP) is 1.42. The fourth-order valence-electron chi connectivity index (χ4n) is 3.23. The van der Waals surface area contributed by atoms with Crippen molar-refractivity contribution >= 4 is 5.91 Å². The molecule has 126 valence electrons. The second-order valence-electron chi connectivity index (χ2n) is 6.17. The quantitative estimate of drug-likeness (QED) is 0.918. The van der Waals surface area contributed by atoms with Gasteiger partial charge in [-0.15, -0.1) is 10.2 Å². The molecule has 2 aliphatic heterocycles. The molecule has 4 rings (SSSR count). The van der Waals surface area contributed by atoms with Crippen molar-refractivity contribution in [3.8, 4) is 11.5 Å². The van der Waals surface area contributed by atoms with Crippen molar-refractivity contribution in [2.24, 2.45) is 0 Å². The number of carbonyl (C=O) groups excluding carboxylic acids is 1. The van der Waals surface area contributed by atoms with Crippen molar-refractivity contribution in [3.05, 3.63) is 35.4 Å². The smallest absolute Gasteiger partial charge is 0.225 e. The van der Waals surface area contributed by atoms with Gasteiger partial charge in [0.2, 0.25) is 5.91 Å². The van der Waals surface area contributed by atoms with Crippen LogP contribution in [0.1, 0.15) is 36.6 Å². The van der Waals surface area contributed by atoms with E-state index in [4.69, 9.17) is 9.47 Å². The van der Waals surface area contributed by atoms with Crippen molar-refractivity contribution in [3.63, 3.8) is 0 Å². The minimum absolute atomic E-state index is 0.0467. The van der Waals surface area contributed by atoms with Crippen molar-refractivity contribution in [2.45, 2.75) is 38.8 Å². The maximum atomic E-state index is 12.3. The Kier molecular flexibility index (Phi) is 3.84. The van der Waals surface area contributed by atoms with E-state index >= 15 is 0 Å². The van der Waals surface area contributed by atoms with Crippen LogP contribution in [0.4, 0.5) is 0 Å². The first kappa shape index (κ1) is 15.0. The summed E-state index contributed by atoms with van der Waals surface area (Å²) in [6.45, 7) is 3.97. The number of nitrogens with zero attached hydrogens (tertiary/aromatic N) is 3. The molecular weight excluding hydrogens is 308 g/mol. The lowest BCUT2D eigenvalue weighted by atomic mass is 10.1. The largest absolute Gasteiger partial charge is 0.486 e. The molecule has 24 heavy (non-hydrogen) atoms. The molecule has 1 atom stereocenters. The molecule has 0 aliphatic carbocycles. The van der Waals surface area contributed by atoms with Gasteiger partial charge in [0.25, 0.3) is 0 Å². The van der Waals surface area contributed by atoms with E-state index < -0.39 is 0 Å². The lowest BCUT2D eigenvalue weighted by Gasteiger charge is -2.19. The number of rotatable bonds is 4. The zero-order valence-electron chi connectivity index (χ0n) is 13.6. The van der Waals surface area contributed by atoms with Gasteiger partial charge in [-0.3, -0.25) is 4.79 Å². The lowest BCUT2D eigenvalue weighted by Crippen LogP contribution is -2.30. The third kappa shape index (κ3) is 2.81. The van der Waals surface area contributed by atoms with Gasteiger partial charge in [-0.2, -0.15) is 0 Å². The average Bonchev–Trinajstić information content (AvgIpc) is 3.17. The monoisotopic (exact) mass is 328 g/mol. The van der Waals surface area contributed by atoms with Crippen LogP contribution in [0, 0.1) is 0 Å². The summed E-state index contributed by atoms with van der Waals surface area (Å²) >= 11 is 0. The normalized spacial score (nSPS) is 16.5. The minimum atomic E-state index is -0.158. The van der Waals surface area contributed by atoms with Crippen molar-refractivity contribution in [1.82, 2.24) is 20.1 Å². The molecule has 0 saturated carbocycles. The van der Waals surface area contributed by atoms with Crippen LogP contribution < -0.4 is 14.8 Å². The highest BCUT2D eigenvalue weighted by atomic mass is 16.6. The number of fused-ring (bicyclic) bond motifs is 2. The summed E-state index contributed by atoms with van der Waals surface area (Å²) in [5.41, 5.74) is 0.899. The third-order valence-corrected chi connectivity index (χ3v) is 4.37. The van der Waals surface area contributed by atoms with Crippen molar-refractivity contribution in [1.29, 1.82) is 0 Å². The highest BCUT2D eigenvalue weighted by Crippen LogP contribution is 2.30. The Bertz CT molecular complexity index is 771. The van der Waals surface area contributed by atoms with Crippen molar-refractivity contribution < 1.29 is 14.3 Å². The summed E-state index contributed by atoms with van der Waals surface area (Å²) in [6, 6.07) is 5.46. The fourth-order valence-corrected chi connectivity index (χ4v) is 3.23. The molecule has 1 aromatic heterocycles. The van der Waals surface area contributed by atoms with Gasteiger partial charge in [-0.25, -0.2) is 0 Å². The molecular formula is C17H20N4O3. The molecule has 0 spiro atoms. The van der Waals surface area contributed by atoms with Gasteiger partial charge in [0.1, 0.15) is 19.0 Å². The number of benzene rings is 1. The van der Waals surface area contributed by atoms with E-state index in [9.17, 15) is 4.79 Å². The van der Waals surface area contributed by atoms with E-state index in [1.807, 2.05) is 25.1 Å². The van der Waals surface area contributed by atoms with E-state index in [1.54, 1.807) is 0 Å². The van der Waals surface area contributed by atoms with Crippen molar-refractivity contribution in [2.75, 3.05) is 13.2 Å². The molecule has 7 heteroatoms. The van der Waals surface area contributed by atoms with Crippen LogP contribution in [0.2, 0.25) is 0 Å². The first-order valence-corrected chi connectivity index (χ1v) is 8.30. The Morgan fingerprint density at radius 1 is 1.29 bits per heavy atom. The SMILES string of the molecule is C[C@@H](NC(=O)Cc1ccc2c(c1)OCCO2)c1nnc2n1CCC2. The van der Waals surface area contributed by atoms with E-state index in [-0.39, 0.29) is 11.9 Å². The fraction of sp³-hybridized carbons (Fsp3) is 0.471. The minimum Gasteiger partial charge on any atom is -0.486 e. The van der Waals surface area contributed by atoms with Crippen LogP contribution in [0.3, 0.4) is 0 Å². The average molecular weight is 328 g/mol. The van der Waals surface area contributed by atoms with Crippen LogP contribution in [-0.4, -0.2) is 33.9 Å². The summed E-state index contributed by atoms with van der Waals surface area (Å²) in [4.78, 5) is 12.3. The highest BCUT2D eigenvalue weighted by Gasteiger charge is 2.22. The van der Waals surface area contributed by atoms with Gasteiger partial charge < -0.3 is 19.4 Å². The predicted molar refractivity (Wildman–Crippen MR) is 86.0 cm³/mol. The van der Waals surface area contributed by atoms with E-state index in [1.165, 1.54) is 0 Å². The molecule has 0 radical (unpaired) electrons. The molecule has 7 nitrogen and oxygen atoms in total. The Morgan fingerprint density at radius 2 is 2.12 bits per heavy atom. The second kappa shape index (κ2) is 6.14. The first-order chi connectivity index (χ1) is 11.7. The maximum Gasteiger partial charge on any atom is 0.225 e. The van der Waals surface area contributed by atoms with Gasteiger partial charge in [-0.1, -0.05) is 6.07 Å². The topological polar surface area (TPSA) is 78.3 Å². The van der Waals surface area contributed by atoms with Crippen LogP contribution >= 0.6 is 0 Å². The standard InChI is InChI=1S/C17H20N4O3/c1-11(17-20-19-15-3-2-6-21(15)17)18-16(22)10-12-4-5-13-14(9-12)24-8-7-23-13/h4-5,9,11H,2-3,6-8,10H2,1H3,(H,18,22)/t11-/m1/s1. The number of hydrogen-bond acceptors (Lipinski definition) is 5. The van der Waals surface area contributed by atoms with Gasteiger partial charge in [0, 0.05) is 13.0 Å². The maximum absolute atomic E-state index is 12.3. The summed E-state index contributed by atoms with van der Waals surface area (Å²) in [6.07, 6.45) is 2.35. The molecule has 0 fully saturated rings.